The lowest BCUT2D eigenvalue weighted by Gasteiger charge is -2.16. The van der Waals surface area contributed by atoms with Crippen LogP contribution in [0.25, 0.3) is 0 Å². The van der Waals surface area contributed by atoms with Crippen molar-refractivity contribution in [3.05, 3.63) is 23.8 Å². The molecule has 0 atom stereocenters. The fourth-order valence-corrected chi connectivity index (χ4v) is 1.66. The first-order valence-corrected chi connectivity index (χ1v) is 6.21. The third-order valence-electron chi connectivity index (χ3n) is 2.40. The van der Waals surface area contributed by atoms with Gasteiger partial charge in [0, 0.05) is 6.42 Å². The summed E-state index contributed by atoms with van der Waals surface area (Å²) in [6.07, 6.45) is -5.38. The van der Waals surface area contributed by atoms with Crippen LogP contribution in [0.2, 0.25) is 0 Å². The molecule has 0 aliphatic carbocycles. The molecule has 22 heavy (non-hydrogen) atoms. The van der Waals surface area contributed by atoms with Crippen molar-refractivity contribution in [2.45, 2.75) is 32.7 Å². The van der Waals surface area contributed by atoms with Gasteiger partial charge in [0.05, 0.1) is 6.61 Å². The molecule has 0 heterocycles. The summed E-state index contributed by atoms with van der Waals surface area (Å²) in [6.45, 7) is -1.61. The fourth-order valence-electron chi connectivity index (χ4n) is 1.66. The van der Waals surface area contributed by atoms with Gasteiger partial charge in [-0.15, -0.1) is 13.2 Å². The largest absolute Gasteiger partial charge is 0.573 e. The normalized spacial score (nSPS) is 11.4. The molecule has 0 unspecified atom stereocenters. The van der Waals surface area contributed by atoms with E-state index in [1.165, 1.54) is 12.1 Å². The minimum Gasteiger partial charge on any atom is -0.466 e. The van der Waals surface area contributed by atoms with Crippen LogP contribution in [0.15, 0.2) is 18.2 Å². The van der Waals surface area contributed by atoms with Crippen molar-refractivity contribution >= 4 is 5.97 Å². The Balaban J connectivity index is 2.99. The van der Waals surface area contributed by atoms with Crippen molar-refractivity contribution < 1.29 is 41.0 Å². The number of esters is 1. The number of carbonyl (C=O) groups excluding carboxylic acids is 1. The highest BCUT2D eigenvalue weighted by atomic mass is 19.4. The van der Waals surface area contributed by atoms with Crippen LogP contribution in [0.3, 0.4) is 0 Å². The monoisotopic (exact) mass is 328 g/mol. The topological polar surface area (TPSA) is 44.8 Å². The number of rotatable bonds is 7. The Kier molecular flexibility index (Phi) is 6.39. The van der Waals surface area contributed by atoms with Gasteiger partial charge in [0.1, 0.15) is 0 Å². The lowest BCUT2D eigenvalue weighted by Crippen LogP contribution is -2.19. The van der Waals surface area contributed by atoms with Gasteiger partial charge in [0.25, 0.3) is 0 Å². The molecule has 0 spiro atoms. The van der Waals surface area contributed by atoms with Gasteiger partial charge in [-0.1, -0.05) is 12.1 Å². The minimum absolute atomic E-state index is 0.0184. The molecule has 0 radical (unpaired) electrons. The second-order valence-electron chi connectivity index (χ2n) is 3.98. The average molecular weight is 328 g/mol. The van der Waals surface area contributed by atoms with Gasteiger partial charge in [-0.3, -0.25) is 4.79 Å². The number of alkyl halides is 5. The van der Waals surface area contributed by atoms with E-state index in [1.807, 2.05) is 0 Å². The molecule has 0 aromatic heterocycles. The molecule has 0 aliphatic heterocycles. The Morgan fingerprint density at radius 1 is 1.27 bits per heavy atom. The second-order valence-corrected chi connectivity index (χ2v) is 3.98. The van der Waals surface area contributed by atoms with E-state index in [9.17, 15) is 26.7 Å². The van der Waals surface area contributed by atoms with E-state index < -0.39 is 30.4 Å². The van der Waals surface area contributed by atoms with Crippen LogP contribution in [-0.4, -0.2) is 25.6 Å². The Labute approximate surface area is 122 Å². The lowest BCUT2D eigenvalue weighted by molar-refractivity contribution is -0.275. The Hall–Kier alpha value is -2.06. The molecule has 0 fully saturated rings. The van der Waals surface area contributed by atoms with Gasteiger partial charge in [-0.25, -0.2) is 0 Å². The maximum atomic E-state index is 12.4. The molecular formula is C13H13F5O4. The number of para-hydroxylation sites is 1. The zero-order chi connectivity index (χ0) is 16.8. The number of benzene rings is 1. The summed E-state index contributed by atoms with van der Waals surface area (Å²) in [4.78, 5) is 11.2. The number of carbonyl (C=O) groups is 1. The van der Waals surface area contributed by atoms with E-state index in [-0.39, 0.29) is 25.0 Å². The maximum absolute atomic E-state index is 12.4. The van der Waals surface area contributed by atoms with Gasteiger partial charge >= 0.3 is 18.9 Å². The van der Waals surface area contributed by atoms with Crippen molar-refractivity contribution in [1.29, 1.82) is 0 Å². The standard InChI is InChI=1S/C13H13F5O4/c1-2-20-10(19)7-6-8-4-3-5-9(22-13(16,17)18)11(8)21-12(14)15/h3-5,12H,2,6-7H2,1H3. The Morgan fingerprint density at radius 3 is 2.50 bits per heavy atom. The Morgan fingerprint density at radius 2 is 1.95 bits per heavy atom. The van der Waals surface area contributed by atoms with Crippen molar-refractivity contribution in [1.82, 2.24) is 0 Å². The highest BCUT2D eigenvalue weighted by Gasteiger charge is 2.33. The molecule has 0 amide bonds. The third kappa shape index (κ3) is 6.15. The highest BCUT2D eigenvalue weighted by molar-refractivity contribution is 5.70. The van der Waals surface area contributed by atoms with Crippen molar-refractivity contribution in [3.8, 4) is 11.5 Å². The van der Waals surface area contributed by atoms with Crippen LogP contribution in [0.1, 0.15) is 18.9 Å². The molecule has 9 heteroatoms. The van der Waals surface area contributed by atoms with Crippen molar-refractivity contribution in [3.63, 3.8) is 0 Å². The van der Waals surface area contributed by atoms with Gasteiger partial charge in [-0.2, -0.15) is 8.78 Å². The second kappa shape index (κ2) is 7.81. The van der Waals surface area contributed by atoms with E-state index in [0.717, 1.165) is 6.07 Å². The SMILES string of the molecule is CCOC(=O)CCc1cccc(OC(F)(F)F)c1OC(F)F. The summed E-state index contributed by atoms with van der Waals surface area (Å²) in [5, 5.41) is 0. The van der Waals surface area contributed by atoms with E-state index in [0.29, 0.717) is 0 Å². The molecule has 1 aromatic carbocycles. The summed E-state index contributed by atoms with van der Waals surface area (Å²) in [6, 6.07) is 3.29. The number of hydrogen-bond acceptors (Lipinski definition) is 4. The highest BCUT2D eigenvalue weighted by Crippen LogP contribution is 2.36. The van der Waals surface area contributed by atoms with E-state index in [4.69, 9.17) is 0 Å². The van der Waals surface area contributed by atoms with Crippen molar-refractivity contribution in [2.75, 3.05) is 6.61 Å². The van der Waals surface area contributed by atoms with Gasteiger partial charge in [-0.05, 0) is 25.0 Å². The van der Waals surface area contributed by atoms with Gasteiger partial charge in [0.15, 0.2) is 11.5 Å². The number of halogens is 5. The average Bonchev–Trinajstić information content (AvgIpc) is 2.37. The molecule has 1 aromatic rings. The van der Waals surface area contributed by atoms with Crippen LogP contribution < -0.4 is 9.47 Å². The summed E-state index contributed by atoms with van der Waals surface area (Å²) in [5.41, 5.74) is -0.0184. The molecule has 0 bridgehead atoms. The molecule has 0 aliphatic rings. The predicted octanol–water partition coefficient (Wildman–Crippen LogP) is 3.68. The summed E-state index contributed by atoms with van der Waals surface area (Å²) < 4.78 is 74.0. The number of ether oxygens (including phenoxy) is 3. The number of hydrogen-bond donors (Lipinski definition) is 0. The van der Waals surface area contributed by atoms with E-state index in [1.54, 1.807) is 6.92 Å². The smallest absolute Gasteiger partial charge is 0.466 e. The summed E-state index contributed by atoms with van der Waals surface area (Å²) in [5.74, 6) is -2.25. The van der Waals surface area contributed by atoms with Crippen LogP contribution in [0.5, 0.6) is 11.5 Å². The quantitative estimate of drug-likeness (QED) is 0.566. The van der Waals surface area contributed by atoms with Crippen LogP contribution >= 0.6 is 0 Å². The van der Waals surface area contributed by atoms with Gasteiger partial charge < -0.3 is 14.2 Å². The van der Waals surface area contributed by atoms with Crippen LogP contribution in [-0.2, 0) is 16.0 Å². The molecule has 124 valence electrons. The zero-order valence-corrected chi connectivity index (χ0v) is 11.5. The zero-order valence-electron chi connectivity index (χ0n) is 11.5. The molecule has 0 saturated carbocycles. The first-order chi connectivity index (χ1) is 10.2. The fraction of sp³-hybridized carbons (Fsp3) is 0.462. The Bertz CT molecular complexity index is 502. The maximum Gasteiger partial charge on any atom is 0.573 e. The van der Waals surface area contributed by atoms with Crippen molar-refractivity contribution in [2.24, 2.45) is 0 Å². The minimum atomic E-state index is -5.06. The first-order valence-electron chi connectivity index (χ1n) is 6.21. The molecule has 1 rings (SSSR count). The predicted molar refractivity (Wildman–Crippen MR) is 64.7 cm³/mol. The summed E-state index contributed by atoms with van der Waals surface area (Å²) in [7, 11) is 0. The first kappa shape index (κ1) is 18.0. The third-order valence-corrected chi connectivity index (χ3v) is 2.40. The molecule has 0 N–H and O–H groups in total. The van der Waals surface area contributed by atoms with Gasteiger partial charge in [0.2, 0.25) is 0 Å². The number of aryl methyl sites for hydroxylation is 1. The van der Waals surface area contributed by atoms with E-state index >= 15 is 0 Å². The molecular weight excluding hydrogens is 315 g/mol. The lowest BCUT2D eigenvalue weighted by atomic mass is 10.1. The van der Waals surface area contributed by atoms with Crippen LogP contribution in [0, 0.1) is 0 Å². The van der Waals surface area contributed by atoms with E-state index in [2.05, 4.69) is 14.2 Å². The summed E-state index contributed by atoms with van der Waals surface area (Å²) >= 11 is 0. The van der Waals surface area contributed by atoms with Crippen LogP contribution in [0.4, 0.5) is 22.0 Å². The molecule has 0 saturated heterocycles. The molecule has 4 nitrogen and oxygen atoms in total.